The first-order chi connectivity index (χ1) is 13.9. The molecule has 0 heterocycles. The Balaban J connectivity index is 3.39. The Labute approximate surface area is 182 Å². The summed E-state index contributed by atoms with van der Waals surface area (Å²) in [5, 5.41) is 9.26. The SMILES string of the molecule is CCCCC(O)CCCCCCCCCCCCCCC(CCCC)S(=O)(=O)O. The minimum Gasteiger partial charge on any atom is -0.393 e. The Kier molecular flexibility index (Phi) is 19.7. The van der Waals surface area contributed by atoms with Gasteiger partial charge in [-0.25, -0.2) is 0 Å². The molecule has 0 fully saturated rings. The largest absolute Gasteiger partial charge is 0.393 e. The molecule has 0 aromatic carbocycles. The minimum absolute atomic E-state index is 0.0785. The normalized spacial score (nSPS) is 14.2. The lowest BCUT2D eigenvalue weighted by Gasteiger charge is -2.13. The van der Waals surface area contributed by atoms with E-state index in [-0.39, 0.29) is 6.10 Å². The summed E-state index contributed by atoms with van der Waals surface area (Å²) in [7, 11) is -3.87. The van der Waals surface area contributed by atoms with Crippen molar-refractivity contribution in [1.29, 1.82) is 0 Å². The van der Waals surface area contributed by atoms with Crippen molar-refractivity contribution < 1.29 is 18.1 Å². The molecule has 0 saturated heterocycles. The molecule has 0 aliphatic heterocycles. The van der Waals surface area contributed by atoms with E-state index in [1.165, 1.54) is 70.6 Å². The Morgan fingerprint density at radius 1 is 0.552 bits per heavy atom. The average molecular weight is 435 g/mol. The van der Waals surface area contributed by atoms with E-state index < -0.39 is 15.4 Å². The van der Waals surface area contributed by atoms with E-state index in [0.717, 1.165) is 44.9 Å². The summed E-state index contributed by atoms with van der Waals surface area (Å²) in [6, 6.07) is 0. The molecule has 0 radical (unpaired) electrons. The van der Waals surface area contributed by atoms with E-state index in [1.807, 2.05) is 6.92 Å². The number of rotatable bonds is 22. The van der Waals surface area contributed by atoms with Gasteiger partial charge in [0.1, 0.15) is 0 Å². The van der Waals surface area contributed by atoms with E-state index in [9.17, 15) is 18.1 Å². The molecule has 176 valence electrons. The van der Waals surface area contributed by atoms with Crippen LogP contribution < -0.4 is 0 Å². The van der Waals surface area contributed by atoms with Crippen molar-refractivity contribution in [2.45, 2.75) is 154 Å². The van der Waals surface area contributed by atoms with Gasteiger partial charge in [0.2, 0.25) is 0 Å². The third-order valence-electron chi connectivity index (χ3n) is 6.01. The molecule has 2 N–H and O–H groups in total. The van der Waals surface area contributed by atoms with Crippen LogP contribution in [0.1, 0.15) is 142 Å². The third kappa shape index (κ3) is 19.6. The van der Waals surface area contributed by atoms with Crippen LogP contribution in [0, 0.1) is 0 Å². The van der Waals surface area contributed by atoms with E-state index in [0.29, 0.717) is 12.8 Å². The fourth-order valence-electron chi connectivity index (χ4n) is 3.98. The Hall–Kier alpha value is -0.130. The zero-order valence-electron chi connectivity index (χ0n) is 19.4. The van der Waals surface area contributed by atoms with Gasteiger partial charge >= 0.3 is 0 Å². The van der Waals surface area contributed by atoms with E-state index >= 15 is 0 Å². The molecular weight excluding hydrogens is 384 g/mol. The van der Waals surface area contributed by atoms with Crippen LogP contribution in [0.15, 0.2) is 0 Å². The van der Waals surface area contributed by atoms with Crippen molar-refractivity contribution in [3.05, 3.63) is 0 Å². The molecule has 0 bridgehead atoms. The van der Waals surface area contributed by atoms with Gasteiger partial charge in [-0.3, -0.25) is 4.55 Å². The minimum atomic E-state index is -3.87. The number of hydrogen-bond acceptors (Lipinski definition) is 3. The molecule has 0 aromatic heterocycles. The van der Waals surface area contributed by atoms with Gasteiger partial charge in [0.15, 0.2) is 0 Å². The van der Waals surface area contributed by atoms with Crippen molar-refractivity contribution in [2.75, 3.05) is 0 Å². The summed E-state index contributed by atoms with van der Waals surface area (Å²) in [5.74, 6) is 0. The summed E-state index contributed by atoms with van der Waals surface area (Å²) in [4.78, 5) is 0. The molecule has 0 saturated carbocycles. The lowest BCUT2D eigenvalue weighted by Crippen LogP contribution is -2.20. The van der Waals surface area contributed by atoms with E-state index in [1.54, 1.807) is 0 Å². The molecule has 0 aliphatic rings. The summed E-state index contributed by atoms with van der Waals surface area (Å²) in [6.07, 6.45) is 21.9. The van der Waals surface area contributed by atoms with Crippen LogP contribution in [-0.2, 0) is 10.1 Å². The smallest absolute Gasteiger partial charge is 0.267 e. The van der Waals surface area contributed by atoms with Crippen LogP contribution in [0.2, 0.25) is 0 Å². The van der Waals surface area contributed by atoms with Crippen molar-refractivity contribution in [2.24, 2.45) is 0 Å². The average Bonchev–Trinajstić information content (AvgIpc) is 2.67. The lowest BCUT2D eigenvalue weighted by molar-refractivity contribution is 0.148. The second-order valence-electron chi connectivity index (χ2n) is 8.90. The molecule has 2 atom stereocenters. The standard InChI is InChI=1S/C24H50O4S/c1-3-5-19-23(25)20-17-15-13-11-9-7-8-10-12-14-16-18-22-24(21-6-4-2)29(26,27)28/h23-25H,3-22H2,1-2H3,(H,26,27,28). The van der Waals surface area contributed by atoms with E-state index in [2.05, 4.69) is 6.92 Å². The quantitative estimate of drug-likeness (QED) is 0.137. The van der Waals surface area contributed by atoms with Gasteiger partial charge in [-0.15, -0.1) is 0 Å². The highest BCUT2D eigenvalue weighted by Crippen LogP contribution is 2.18. The highest BCUT2D eigenvalue weighted by atomic mass is 32.2. The number of hydrogen-bond donors (Lipinski definition) is 2. The first kappa shape index (κ1) is 28.9. The maximum atomic E-state index is 11.4. The van der Waals surface area contributed by atoms with Crippen molar-refractivity contribution in [3.8, 4) is 0 Å². The van der Waals surface area contributed by atoms with Gasteiger partial charge < -0.3 is 5.11 Å². The number of aliphatic hydroxyl groups excluding tert-OH is 1. The van der Waals surface area contributed by atoms with Gasteiger partial charge in [0, 0.05) is 0 Å². The van der Waals surface area contributed by atoms with Crippen LogP contribution in [0.3, 0.4) is 0 Å². The zero-order chi connectivity index (χ0) is 21.8. The van der Waals surface area contributed by atoms with Gasteiger partial charge in [0.25, 0.3) is 10.1 Å². The van der Waals surface area contributed by atoms with Gasteiger partial charge in [-0.05, 0) is 25.7 Å². The Morgan fingerprint density at radius 2 is 0.862 bits per heavy atom. The molecule has 5 heteroatoms. The van der Waals surface area contributed by atoms with Gasteiger partial charge in [0.05, 0.1) is 11.4 Å². The first-order valence-electron chi connectivity index (χ1n) is 12.6. The van der Waals surface area contributed by atoms with Crippen LogP contribution in [-0.4, -0.2) is 29.4 Å². The number of aliphatic hydroxyl groups is 1. The van der Waals surface area contributed by atoms with Crippen molar-refractivity contribution in [1.82, 2.24) is 0 Å². The summed E-state index contributed by atoms with van der Waals surface area (Å²) >= 11 is 0. The third-order valence-corrected chi connectivity index (χ3v) is 7.32. The van der Waals surface area contributed by atoms with Crippen molar-refractivity contribution >= 4 is 10.1 Å². The predicted octanol–water partition coefficient (Wildman–Crippen LogP) is 7.45. The lowest BCUT2D eigenvalue weighted by atomic mass is 10.0. The molecule has 29 heavy (non-hydrogen) atoms. The topological polar surface area (TPSA) is 74.6 Å². The zero-order valence-corrected chi connectivity index (χ0v) is 20.2. The van der Waals surface area contributed by atoms with Crippen molar-refractivity contribution in [3.63, 3.8) is 0 Å². The van der Waals surface area contributed by atoms with Crippen LogP contribution in [0.5, 0.6) is 0 Å². The molecule has 2 unspecified atom stereocenters. The van der Waals surface area contributed by atoms with Gasteiger partial charge in [-0.1, -0.05) is 117 Å². The molecule has 0 aromatic rings. The predicted molar refractivity (Wildman–Crippen MR) is 125 cm³/mol. The molecule has 0 rings (SSSR count). The number of unbranched alkanes of at least 4 members (excludes halogenated alkanes) is 13. The second-order valence-corrected chi connectivity index (χ2v) is 10.6. The molecule has 0 spiro atoms. The fourth-order valence-corrected chi connectivity index (χ4v) is 4.91. The molecule has 0 amide bonds. The maximum absolute atomic E-state index is 11.4. The first-order valence-corrected chi connectivity index (χ1v) is 14.1. The maximum Gasteiger partial charge on any atom is 0.267 e. The summed E-state index contributed by atoms with van der Waals surface area (Å²) in [5.41, 5.74) is 0. The molecule has 0 aliphatic carbocycles. The molecular formula is C24H50O4S. The van der Waals surface area contributed by atoms with E-state index in [4.69, 9.17) is 0 Å². The van der Waals surface area contributed by atoms with Crippen LogP contribution in [0.25, 0.3) is 0 Å². The highest BCUT2D eigenvalue weighted by Gasteiger charge is 2.21. The summed E-state index contributed by atoms with van der Waals surface area (Å²) < 4.78 is 32.1. The van der Waals surface area contributed by atoms with Crippen LogP contribution >= 0.6 is 0 Å². The van der Waals surface area contributed by atoms with Gasteiger partial charge in [-0.2, -0.15) is 8.42 Å². The Bertz CT molecular complexity index is 436. The van der Waals surface area contributed by atoms with Crippen LogP contribution in [0.4, 0.5) is 0 Å². The Morgan fingerprint density at radius 3 is 1.28 bits per heavy atom. The monoisotopic (exact) mass is 434 g/mol. The second kappa shape index (κ2) is 19.8. The molecule has 4 nitrogen and oxygen atoms in total. The highest BCUT2D eigenvalue weighted by molar-refractivity contribution is 7.86. The fraction of sp³-hybridized carbons (Fsp3) is 1.00. The summed E-state index contributed by atoms with van der Waals surface area (Å²) in [6.45, 7) is 4.21.